The number of hydrogen-bond donors (Lipinski definition) is 2. The summed E-state index contributed by atoms with van der Waals surface area (Å²) in [7, 11) is -3.26. The molecule has 0 aliphatic heterocycles. The summed E-state index contributed by atoms with van der Waals surface area (Å²) in [5, 5.41) is 12.5. The third-order valence-electron chi connectivity index (χ3n) is 3.40. The molecule has 0 aliphatic carbocycles. The van der Waals surface area contributed by atoms with E-state index in [9.17, 15) is 13.5 Å². The van der Waals surface area contributed by atoms with E-state index in [2.05, 4.69) is 26.1 Å². The van der Waals surface area contributed by atoms with Crippen LogP contribution in [0.1, 0.15) is 34.1 Å². The van der Waals surface area contributed by atoms with Crippen LogP contribution in [0.3, 0.4) is 0 Å². The number of aliphatic hydroxyl groups is 1. The summed E-state index contributed by atoms with van der Waals surface area (Å²) in [6, 6.07) is 6.95. The fraction of sp³-hybridized carbons (Fsp3) is 0.600. The number of rotatable bonds is 6. The smallest absolute Gasteiger partial charge is 0.180 e. The van der Waals surface area contributed by atoms with Gasteiger partial charge in [-0.2, -0.15) is 0 Å². The summed E-state index contributed by atoms with van der Waals surface area (Å²) in [6.07, 6.45) is 0.573. The van der Waals surface area contributed by atoms with Gasteiger partial charge in [0.1, 0.15) is 0 Å². The van der Waals surface area contributed by atoms with Gasteiger partial charge >= 0.3 is 0 Å². The third-order valence-corrected chi connectivity index (χ3v) is 5.18. The molecular formula is C15H25NO3S. The second kappa shape index (κ2) is 6.59. The van der Waals surface area contributed by atoms with Crippen molar-refractivity contribution in [2.75, 3.05) is 17.7 Å². The normalized spacial score (nSPS) is 14.1. The molecule has 0 saturated carbocycles. The van der Waals surface area contributed by atoms with Gasteiger partial charge in [-0.15, -0.1) is 0 Å². The molecule has 1 atom stereocenters. The highest BCUT2D eigenvalue weighted by Crippen LogP contribution is 2.29. The molecule has 0 radical (unpaired) electrons. The first-order chi connectivity index (χ1) is 9.22. The highest BCUT2D eigenvalue weighted by molar-refractivity contribution is 7.91. The molecule has 1 aromatic carbocycles. The summed E-state index contributed by atoms with van der Waals surface area (Å²) in [6.45, 7) is 7.91. The second-order valence-corrected chi connectivity index (χ2v) is 8.22. The van der Waals surface area contributed by atoms with Gasteiger partial charge in [-0.3, -0.25) is 0 Å². The van der Waals surface area contributed by atoms with Crippen LogP contribution in [0.2, 0.25) is 0 Å². The number of benzene rings is 1. The minimum atomic E-state index is -3.26. The van der Waals surface area contributed by atoms with Crippen molar-refractivity contribution in [3.8, 4) is 0 Å². The zero-order valence-corrected chi connectivity index (χ0v) is 13.5. The third kappa shape index (κ3) is 4.21. The summed E-state index contributed by atoms with van der Waals surface area (Å²) in [4.78, 5) is 0.328. The fourth-order valence-corrected chi connectivity index (χ4v) is 3.11. The Labute approximate surface area is 122 Å². The van der Waals surface area contributed by atoms with Crippen molar-refractivity contribution in [2.24, 2.45) is 5.41 Å². The molecule has 0 heterocycles. The van der Waals surface area contributed by atoms with Crippen LogP contribution < -0.4 is 5.32 Å². The van der Waals surface area contributed by atoms with Crippen LogP contribution in [-0.2, 0) is 9.84 Å². The van der Waals surface area contributed by atoms with E-state index in [1.165, 1.54) is 0 Å². The van der Waals surface area contributed by atoms with Crippen LogP contribution in [-0.4, -0.2) is 31.9 Å². The number of anilines is 1. The first-order valence-corrected chi connectivity index (χ1v) is 8.56. The molecule has 0 aromatic heterocycles. The maximum absolute atomic E-state index is 12.1. The van der Waals surface area contributed by atoms with Crippen molar-refractivity contribution < 1.29 is 13.5 Å². The topological polar surface area (TPSA) is 66.4 Å². The number of para-hydroxylation sites is 1. The van der Waals surface area contributed by atoms with Gasteiger partial charge < -0.3 is 10.4 Å². The number of hydrogen-bond acceptors (Lipinski definition) is 4. The van der Waals surface area contributed by atoms with E-state index in [0.717, 1.165) is 0 Å². The Morgan fingerprint density at radius 2 is 1.85 bits per heavy atom. The number of aliphatic hydroxyl groups excluding tert-OH is 1. The van der Waals surface area contributed by atoms with Crippen LogP contribution in [0, 0.1) is 5.41 Å². The standard InChI is InChI=1S/C15H25NO3S/c1-5-20(18,19)13-9-7-6-8-12(13)16-14(10-11-17)15(2,3)4/h6-9,14,16-17H,5,10-11H2,1-4H3. The monoisotopic (exact) mass is 299 g/mol. The van der Waals surface area contributed by atoms with Gasteiger partial charge in [0.2, 0.25) is 0 Å². The van der Waals surface area contributed by atoms with Crippen LogP contribution in [0.4, 0.5) is 5.69 Å². The van der Waals surface area contributed by atoms with Gasteiger partial charge in [0.25, 0.3) is 0 Å². The zero-order chi connectivity index (χ0) is 15.4. The fourth-order valence-electron chi connectivity index (χ4n) is 2.05. The minimum Gasteiger partial charge on any atom is -0.396 e. The maximum atomic E-state index is 12.1. The molecule has 5 heteroatoms. The van der Waals surface area contributed by atoms with Gasteiger partial charge in [-0.05, 0) is 24.0 Å². The van der Waals surface area contributed by atoms with Crippen molar-refractivity contribution in [1.82, 2.24) is 0 Å². The van der Waals surface area contributed by atoms with Gasteiger partial charge in [0.15, 0.2) is 9.84 Å². The maximum Gasteiger partial charge on any atom is 0.180 e. The van der Waals surface area contributed by atoms with Crippen molar-refractivity contribution in [2.45, 2.75) is 45.1 Å². The Morgan fingerprint density at radius 1 is 1.25 bits per heavy atom. The van der Waals surface area contributed by atoms with E-state index < -0.39 is 9.84 Å². The van der Waals surface area contributed by atoms with E-state index in [4.69, 9.17) is 0 Å². The summed E-state index contributed by atoms with van der Waals surface area (Å²) >= 11 is 0. The summed E-state index contributed by atoms with van der Waals surface area (Å²) in [5.41, 5.74) is 0.536. The Morgan fingerprint density at radius 3 is 2.35 bits per heavy atom. The average molecular weight is 299 g/mol. The van der Waals surface area contributed by atoms with Gasteiger partial charge in [0, 0.05) is 12.6 Å². The van der Waals surface area contributed by atoms with Gasteiger partial charge in [0.05, 0.1) is 16.3 Å². The Hall–Kier alpha value is -1.07. The Bertz CT molecular complexity index is 532. The lowest BCUT2D eigenvalue weighted by atomic mass is 9.85. The van der Waals surface area contributed by atoms with Gasteiger partial charge in [-0.25, -0.2) is 8.42 Å². The van der Waals surface area contributed by atoms with Crippen LogP contribution in [0.5, 0.6) is 0 Å². The average Bonchev–Trinajstić information content (AvgIpc) is 2.37. The molecule has 1 rings (SSSR count). The van der Waals surface area contributed by atoms with E-state index in [-0.39, 0.29) is 23.8 Å². The highest BCUT2D eigenvalue weighted by atomic mass is 32.2. The van der Waals surface area contributed by atoms with Crippen LogP contribution >= 0.6 is 0 Å². The summed E-state index contributed by atoms with van der Waals surface area (Å²) in [5.74, 6) is 0.0753. The molecule has 0 aliphatic rings. The molecule has 0 fully saturated rings. The van der Waals surface area contributed by atoms with Crippen molar-refractivity contribution in [3.05, 3.63) is 24.3 Å². The van der Waals surface area contributed by atoms with E-state index in [1.54, 1.807) is 25.1 Å². The molecule has 1 unspecified atom stereocenters. The molecule has 4 nitrogen and oxygen atoms in total. The zero-order valence-electron chi connectivity index (χ0n) is 12.7. The van der Waals surface area contributed by atoms with Crippen molar-refractivity contribution in [1.29, 1.82) is 0 Å². The molecule has 0 saturated heterocycles. The number of nitrogens with one attached hydrogen (secondary N) is 1. The SMILES string of the molecule is CCS(=O)(=O)c1ccccc1NC(CCO)C(C)(C)C. The molecule has 2 N–H and O–H groups in total. The van der Waals surface area contributed by atoms with E-state index in [1.807, 2.05) is 6.07 Å². The lowest BCUT2D eigenvalue weighted by Crippen LogP contribution is -2.35. The van der Waals surface area contributed by atoms with E-state index in [0.29, 0.717) is 17.0 Å². The molecule has 0 bridgehead atoms. The van der Waals surface area contributed by atoms with E-state index >= 15 is 0 Å². The minimum absolute atomic E-state index is 0.000654. The Kier molecular flexibility index (Phi) is 5.59. The first-order valence-electron chi connectivity index (χ1n) is 6.91. The van der Waals surface area contributed by atoms with Crippen LogP contribution in [0.15, 0.2) is 29.2 Å². The number of sulfone groups is 1. The first kappa shape index (κ1) is 17.0. The molecule has 114 valence electrons. The molecule has 0 amide bonds. The second-order valence-electron chi connectivity index (χ2n) is 5.97. The van der Waals surface area contributed by atoms with Crippen molar-refractivity contribution >= 4 is 15.5 Å². The summed E-state index contributed by atoms with van der Waals surface area (Å²) < 4.78 is 24.2. The molecular weight excluding hydrogens is 274 g/mol. The molecule has 20 heavy (non-hydrogen) atoms. The molecule has 0 spiro atoms. The lowest BCUT2D eigenvalue weighted by molar-refractivity contribution is 0.235. The predicted molar refractivity (Wildman–Crippen MR) is 82.7 cm³/mol. The largest absolute Gasteiger partial charge is 0.396 e. The highest BCUT2D eigenvalue weighted by Gasteiger charge is 2.26. The van der Waals surface area contributed by atoms with Crippen LogP contribution in [0.25, 0.3) is 0 Å². The quantitative estimate of drug-likeness (QED) is 0.847. The lowest BCUT2D eigenvalue weighted by Gasteiger charge is -2.32. The van der Waals surface area contributed by atoms with Gasteiger partial charge in [-0.1, -0.05) is 39.8 Å². The predicted octanol–water partition coefficient (Wildman–Crippen LogP) is 2.69. The van der Waals surface area contributed by atoms with Crippen molar-refractivity contribution in [3.63, 3.8) is 0 Å². The molecule has 1 aromatic rings. The Balaban J connectivity index is 3.15.